The summed E-state index contributed by atoms with van der Waals surface area (Å²) in [6, 6.07) is 11.8. The minimum absolute atomic E-state index is 0.225. The van der Waals surface area contributed by atoms with Crippen molar-refractivity contribution in [3.63, 3.8) is 0 Å². The van der Waals surface area contributed by atoms with E-state index in [-0.39, 0.29) is 24.1 Å². The highest BCUT2D eigenvalue weighted by Crippen LogP contribution is 2.28. The number of hydrogen-bond donors (Lipinski definition) is 1. The maximum Gasteiger partial charge on any atom is 0.372 e. The molecule has 2 aromatic carbocycles. The number of carboxylic acids is 1. The van der Waals surface area contributed by atoms with Crippen molar-refractivity contribution in [2.24, 2.45) is 0 Å². The molecule has 5 nitrogen and oxygen atoms in total. The Morgan fingerprint density at radius 1 is 0.926 bits per heavy atom. The molecule has 0 saturated carbocycles. The number of carbonyl (C=O) groups excluding carboxylic acids is 2. The molecule has 2 rings (SSSR count). The van der Waals surface area contributed by atoms with Crippen LogP contribution in [0.4, 0.5) is 8.78 Å². The lowest BCUT2D eigenvalue weighted by Crippen LogP contribution is -2.32. The normalized spacial score (nSPS) is 10.7. The monoisotopic (exact) mass is 375 g/mol. The number of halogens is 2. The molecular weight excluding hydrogens is 356 g/mol. The molecular formula is C20H19F2NO4. The summed E-state index contributed by atoms with van der Waals surface area (Å²) >= 11 is 0. The molecule has 142 valence electrons. The Labute approximate surface area is 155 Å². The second-order valence-corrected chi connectivity index (χ2v) is 6.16. The van der Waals surface area contributed by atoms with E-state index in [1.165, 1.54) is 36.2 Å². The minimum atomic E-state index is -1.65. The topological polar surface area (TPSA) is 74.7 Å². The molecule has 0 radical (unpaired) electrons. The van der Waals surface area contributed by atoms with Gasteiger partial charge in [0.15, 0.2) is 0 Å². The van der Waals surface area contributed by atoms with E-state index in [0.717, 1.165) is 11.1 Å². The molecule has 1 N–H and O–H groups in total. The average Bonchev–Trinajstić information content (AvgIpc) is 2.64. The first kappa shape index (κ1) is 20.2. The largest absolute Gasteiger partial charge is 0.475 e. The fourth-order valence-electron chi connectivity index (χ4n) is 2.71. The van der Waals surface area contributed by atoms with Crippen LogP contribution >= 0.6 is 0 Å². The quantitative estimate of drug-likeness (QED) is 0.569. The Kier molecular flexibility index (Phi) is 6.76. The number of carboxylic acid groups (broad SMARTS) is 1. The second kappa shape index (κ2) is 9.02. The van der Waals surface area contributed by atoms with Gasteiger partial charge >= 0.3 is 5.97 Å². The number of aliphatic carboxylic acids is 1. The summed E-state index contributed by atoms with van der Waals surface area (Å²) in [6.45, 7) is 0.241. The van der Waals surface area contributed by atoms with E-state index < -0.39 is 24.1 Å². The third-order valence-corrected chi connectivity index (χ3v) is 4.27. The van der Waals surface area contributed by atoms with Gasteiger partial charge in [-0.1, -0.05) is 24.3 Å². The summed E-state index contributed by atoms with van der Waals surface area (Å²) in [7, 11) is 1.48. The second-order valence-electron chi connectivity index (χ2n) is 6.16. The number of hydrogen-bond acceptors (Lipinski definition) is 3. The summed E-state index contributed by atoms with van der Waals surface area (Å²) in [5.41, 5.74) is 1.59. The Morgan fingerprint density at radius 3 is 1.78 bits per heavy atom. The highest BCUT2D eigenvalue weighted by atomic mass is 19.1. The highest BCUT2D eigenvalue weighted by Gasteiger charge is 2.21. The predicted molar refractivity (Wildman–Crippen MR) is 94.2 cm³/mol. The van der Waals surface area contributed by atoms with Gasteiger partial charge in [0.25, 0.3) is 0 Å². The summed E-state index contributed by atoms with van der Waals surface area (Å²) in [5.74, 6) is -4.39. The van der Waals surface area contributed by atoms with Crippen LogP contribution < -0.4 is 0 Å². The lowest BCUT2D eigenvalue weighted by atomic mass is 9.88. The Balaban J connectivity index is 2.13. The third kappa shape index (κ3) is 5.70. The van der Waals surface area contributed by atoms with E-state index in [1.807, 2.05) is 0 Å². The lowest BCUT2D eigenvalue weighted by molar-refractivity contribution is -0.151. The van der Waals surface area contributed by atoms with Crippen LogP contribution in [0, 0.1) is 11.6 Å². The van der Waals surface area contributed by atoms with Gasteiger partial charge in [-0.3, -0.25) is 9.59 Å². The van der Waals surface area contributed by atoms with E-state index in [4.69, 9.17) is 5.11 Å². The minimum Gasteiger partial charge on any atom is -0.475 e. The molecule has 0 aliphatic carbocycles. The zero-order chi connectivity index (χ0) is 20.0. The molecule has 1 amide bonds. The Morgan fingerprint density at radius 2 is 1.37 bits per heavy atom. The molecule has 0 saturated heterocycles. The van der Waals surface area contributed by atoms with Crippen LogP contribution in [0.3, 0.4) is 0 Å². The number of ketones is 1. The molecule has 0 aromatic heterocycles. The first-order valence-corrected chi connectivity index (χ1v) is 8.29. The van der Waals surface area contributed by atoms with Crippen molar-refractivity contribution in [1.82, 2.24) is 4.90 Å². The van der Waals surface area contributed by atoms with Crippen LogP contribution in [-0.4, -0.2) is 41.3 Å². The first-order valence-electron chi connectivity index (χ1n) is 8.29. The number of carbonyl (C=O) groups is 3. The van der Waals surface area contributed by atoms with Crippen molar-refractivity contribution in [2.45, 2.75) is 18.8 Å². The molecule has 7 heteroatoms. The van der Waals surface area contributed by atoms with Gasteiger partial charge in [0.2, 0.25) is 11.7 Å². The van der Waals surface area contributed by atoms with Crippen LogP contribution in [0.25, 0.3) is 0 Å². The molecule has 0 aliphatic rings. The standard InChI is InChI=1S/C20H19F2NO4/c1-23(19(25)12-18(24)20(26)27)11-10-17(13-2-6-15(21)7-3-13)14-4-8-16(22)9-5-14/h2-9,17H,10-12H2,1H3,(H,26,27). The molecule has 0 heterocycles. The number of benzene rings is 2. The van der Waals surface area contributed by atoms with Crippen LogP contribution in [0.15, 0.2) is 48.5 Å². The Hall–Kier alpha value is -3.09. The van der Waals surface area contributed by atoms with Gasteiger partial charge in [-0.25, -0.2) is 13.6 Å². The molecule has 0 unspecified atom stereocenters. The van der Waals surface area contributed by atoms with E-state index in [1.54, 1.807) is 24.3 Å². The van der Waals surface area contributed by atoms with Crippen molar-refractivity contribution in [3.8, 4) is 0 Å². The van der Waals surface area contributed by atoms with E-state index >= 15 is 0 Å². The highest BCUT2D eigenvalue weighted by molar-refractivity contribution is 6.36. The fourth-order valence-corrected chi connectivity index (χ4v) is 2.71. The molecule has 0 bridgehead atoms. The van der Waals surface area contributed by atoms with E-state index in [2.05, 4.69) is 0 Å². The van der Waals surface area contributed by atoms with E-state index in [0.29, 0.717) is 6.42 Å². The van der Waals surface area contributed by atoms with Gasteiger partial charge in [-0.15, -0.1) is 0 Å². The van der Waals surface area contributed by atoms with Gasteiger partial charge in [0.1, 0.15) is 11.6 Å². The van der Waals surface area contributed by atoms with E-state index in [9.17, 15) is 23.2 Å². The summed E-state index contributed by atoms with van der Waals surface area (Å²) in [6.07, 6.45) is -0.273. The van der Waals surface area contributed by atoms with Crippen LogP contribution in [-0.2, 0) is 14.4 Å². The van der Waals surface area contributed by atoms with Crippen LogP contribution in [0.1, 0.15) is 29.9 Å². The van der Waals surface area contributed by atoms with Gasteiger partial charge < -0.3 is 10.0 Å². The maximum atomic E-state index is 13.2. The third-order valence-electron chi connectivity index (χ3n) is 4.27. The smallest absolute Gasteiger partial charge is 0.372 e. The summed E-state index contributed by atoms with van der Waals surface area (Å²) in [4.78, 5) is 35.0. The maximum absolute atomic E-state index is 13.2. The average molecular weight is 375 g/mol. The molecule has 0 aliphatic heterocycles. The summed E-state index contributed by atoms with van der Waals surface area (Å²) in [5, 5.41) is 8.59. The van der Waals surface area contributed by atoms with Crippen molar-refractivity contribution < 1.29 is 28.3 Å². The lowest BCUT2D eigenvalue weighted by Gasteiger charge is -2.22. The Bertz CT molecular complexity index is 773. The number of nitrogens with zero attached hydrogens (tertiary/aromatic N) is 1. The van der Waals surface area contributed by atoms with Gasteiger partial charge in [-0.05, 0) is 41.8 Å². The number of rotatable bonds is 8. The molecule has 0 spiro atoms. The van der Waals surface area contributed by atoms with Gasteiger partial charge in [-0.2, -0.15) is 0 Å². The summed E-state index contributed by atoms with van der Waals surface area (Å²) < 4.78 is 26.5. The molecule has 0 fully saturated rings. The number of Topliss-reactive ketones (excluding diaryl/α,β-unsaturated/α-hetero) is 1. The van der Waals surface area contributed by atoms with Crippen LogP contribution in [0.5, 0.6) is 0 Å². The number of amides is 1. The van der Waals surface area contributed by atoms with Gasteiger partial charge in [0.05, 0.1) is 6.42 Å². The SMILES string of the molecule is CN(CCC(c1ccc(F)cc1)c1ccc(F)cc1)C(=O)CC(=O)C(=O)O. The molecule has 0 atom stereocenters. The first-order chi connectivity index (χ1) is 12.8. The van der Waals surface area contributed by atoms with Crippen molar-refractivity contribution in [1.29, 1.82) is 0 Å². The van der Waals surface area contributed by atoms with Crippen LogP contribution in [0.2, 0.25) is 0 Å². The molecule has 27 heavy (non-hydrogen) atoms. The van der Waals surface area contributed by atoms with Crippen molar-refractivity contribution in [3.05, 3.63) is 71.3 Å². The van der Waals surface area contributed by atoms with Gasteiger partial charge in [0, 0.05) is 19.5 Å². The fraction of sp³-hybridized carbons (Fsp3) is 0.250. The predicted octanol–water partition coefficient (Wildman–Crippen LogP) is 2.99. The van der Waals surface area contributed by atoms with Crippen molar-refractivity contribution >= 4 is 17.7 Å². The van der Waals surface area contributed by atoms with Crippen molar-refractivity contribution in [2.75, 3.05) is 13.6 Å². The zero-order valence-electron chi connectivity index (χ0n) is 14.7. The zero-order valence-corrected chi connectivity index (χ0v) is 14.7. The molecule has 2 aromatic rings.